The van der Waals surface area contributed by atoms with E-state index in [1.54, 1.807) is 12.1 Å². The predicted molar refractivity (Wildman–Crippen MR) is 81.3 cm³/mol. The number of hydrogen-bond donors (Lipinski definition) is 3. The van der Waals surface area contributed by atoms with Crippen molar-refractivity contribution in [1.82, 2.24) is 4.98 Å². The zero-order valence-electron chi connectivity index (χ0n) is 11.4. The van der Waals surface area contributed by atoms with Crippen LogP contribution in [-0.4, -0.2) is 17.9 Å². The van der Waals surface area contributed by atoms with Crippen molar-refractivity contribution in [3.05, 3.63) is 53.8 Å². The number of aromatic amines is 1. The van der Waals surface area contributed by atoms with Gasteiger partial charge in [-0.05, 0) is 36.4 Å². The SMILES string of the molecule is COc1cc(F)cc(-c2cc3cc(C(=N)N)ccc3[nH]2)c1. The van der Waals surface area contributed by atoms with E-state index in [1.807, 2.05) is 18.2 Å². The minimum absolute atomic E-state index is 0.0204. The first-order chi connectivity index (χ1) is 10.1. The Morgan fingerprint density at radius 1 is 1.19 bits per heavy atom. The molecule has 2 aromatic carbocycles. The molecule has 0 amide bonds. The monoisotopic (exact) mass is 283 g/mol. The minimum Gasteiger partial charge on any atom is -0.497 e. The molecule has 0 aliphatic carbocycles. The molecule has 0 aliphatic rings. The zero-order chi connectivity index (χ0) is 15.0. The second-order valence-corrected chi connectivity index (χ2v) is 4.78. The van der Waals surface area contributed by atoms with Crippen LogP contribution < -0.4 is 10.5 Å². The Labute approximate surface area is 120 Å². The fourth-order valence-corrected chi connectivity index (χ4v) is 2.29. The summed E-state index contributed by atoms with van der Waals surface area (Å²) in [4.78, 5) is 3.22. The fraction of sp³-hybridized carbons (Fsp3) is 0.0625. The maximum Gasteiger partial charge on any atom is 0.127 e. The van der Waals surface area contributed by atoms with E-state index in [1.165, 1.54) is 19.2 Å². The van der Waals surface area contributed by atoms with Gasteiger partial charge in [-0.3, -0.25) is 5.41 Å². The van der Waals surface area contributed by atoms with Crippen LogP contribution in [0.15, 0.2) is 42.5 Å². The first kappa shape index (κ1) is 13.2. The van der Waals surface area contributed by atoms with Gasteiger partial charge >= 0.3 is 0 Å². The van der Waals surface area contributed by atoms with Gasteiger partial charge in [0.25, 0.3) is 0 Å². The number of amidine groups is 1. The summed E-state index contributed by atoms with van der Waals surface area (Å²) in [6, 6.07) is 11.9. The van der Waals surface area contributed by atoms with Crippen molar-refractivity contribution >= 4 is 16.7 Å². The van der Waals surface area contributed by atoms with Gasteiger partial charge < -0.3 is 15.5 Å². The Morgan fingerprint density at radius 3 is 2.71 bits per heavy atom. The first-order valence-electron chi connectivity index (χ1n) is 6.39. The molecule has 1 heterocycles. The molecule has 0 bridgehead atoms. The van der Waals surface area contributed by atoms with E-state index >= 15 is 0 Å². The normalized spacial score (nSPS) is 10.8. The highest BCUT2D eigenvalue weighted by Crippen LogP contribution is 2.28. The van der Waals surface area contributed by atoms with Gasteiger partial charge in [-0.25, -0.2) is 4.39 Å². The van der Waals surface area contributed by atoms with Crippen molar-refractivity contribution in [1.29, 1.82) is 5.41 Å². The number of H-pyrrole nitrogens is 1. The number of nitrogens with one attached hydrogen (secondary N) is 2. The van der Waals surface area contributed by atoms with Crippen LogP contribution in [0, 0.1) is 11.2 Å². The summed E-state index contributed by atoms with van der Waals surface area (Å²) >= 11 is 0. The molecule has 0 atom stereocenters. The summed E-state index contributed by atoms with van der Waals surface area (Å²) in [6.45, 7) is 0. The third-order valence-electron chi connectivity index (χ3n) is 3.35. The van der Waals surface area contributed by atoms with Gasteiger partial charge in [0, 0.05) is 33.8 Å². The Bertz CT molecular complexity index is 839. The Balaban J connectivity index is 2.12. The van der Waals surface area contributed by atoms with Gasteiger partial charge in [-0.2, -0.15) is 0 Å². The van der Waals surface area contributed by atoms with Crippen LogP contribution in [-0.2, 0) is 0 Å². The van der Waals surface area contributed by atoms with E-state index in [0.717, 1.165) is 16.6 Å². The third-order valence-corrected chi connectivity index (χ3v) is 3.35. The largest absolute Gasteiger partial charge is 0.497 e. The topological polar surface area (TPSA) is 74.9 Å². The third kappa shape index (κ3) is 2.45. The van der Waals surface area contributed by atoms with Crippen molar-refractivity contribution in [2.75, 3.05) is 7.11 Å². The Kier molecular flexibility index (Phi) is 3.10. The van der Waals surface area contributed by atoms with Crippen LogP contribution in [0.25, 0.3) is 22.2 Å². The molecule has 4 nitrogen and oxygen atoms in total. The summed E-state index contributed by atoms with van der Waals surface area (Å²) in [7, 11) is 1.50. The van der Waals surface area contributed by atoms with Crippen molar-refractivity contribution in [2.24, 2.45) is 5.73 Å². The number of halogens is 1. The molecule has 0 radical (unpaired) electrons. The van der Waals surface area contributed by atoms with Crippen LogP contribution in [0.3, 0.4) is 0 Å². The van der Waals surface area contributed by atoms with E-state index in [-0.39, 0.29) is 11.7 Å². The molecule has 106 valence electrons. The molecule has 0 aliphatic heterocycles. The Morgan fingerprint density at radius 2 is 2.00 bits per heavy atom. The van der Waals surface area contributed by atoms with E-state index in [0.29, 0.717) is 16.9 Å². The second-order valence-electron chi connectivity index (χ2n) is 4.78. The van der Waals surface area contributed by atoms with Crippen LogP contribution in [0.4, 0.5) is 4.39 Å². The lowest BCUT2D eigenvalue weighted by atomic mass is 10.1. The van der Waals surface area contributed by atoms with Gasteiger partial charge in [0.05, 0.1) is 7.11 Å². The number of nitrogens with two attached hydrogens (primary N) is 1. The van der Waals surface area contributed by atoms with Gasteiger partial charge in [-0.1, -0.05) is 0 Å². The molecule has 0 unspecified atom stereocenters. The molecule has 3 aromatic rings. The van der Waals surface area contributed by atoms with Crippen LogP contribution in [0.2, 0.25) is 0 Å². The number of nitrogen functional groups attached to an aromatic ring is 1. The highest BCUT2D eigenvalue weighted by atomic mass is 19.1. The lowest BCUT2D eigenvalue weighted by Crippen LogP contribution is -2.10. The lowest BCUT2D eigenvalue weighted by Gasteiger charge is -2.03. The number of hydrogen-bond acceptors (Lipinski definition) is 2. The van der Waals surface area contributed by atoms with Crippen molar-refractivity contribution in [3.8, 4) is 17.0 Å². The summed E-state index contributed by atoms with van der Waals surface area (Å²) in [5.41, 5.74) is 8.53. The first-order valence-corrected chi connectivity index (χ1v) is 6.39. The molecule has 0 saturated heterocycles. The molecule has 4 N–H and O–H groups in total. The average molecular weight is 283 g/mol. The smallest absolute Gasteiger partial charge is 0.127 e. The average Bonchev–Trinajstić information content (AvgIpc) is 2.89. The number of methoxy groups -OCH3 is 1. The van der Waals surface area contributed by atoms with Crippen molar-refractivity contribution in [3.63, 3.8) is 0 Å². The summed E-state index contributed by atoms with van der Waals surface area (Å²) in [5.74, 6) is 0.132. The number of aromatic nitrogens is 1. The van der Waals surface area contributed by atoms with Crippen molar-refractivity contribution < 1.29 is 9.13 Å². The highest BCUT2D eigenvalue weighted by molar-refractivity contribution is 5.99. The number of benzene rings is 2. The molecular weight excluding hydrogens is 269 g/mol. The van der Waals surface area contributed by atoms with E-state index in [2.05, 4.69) is 4.98 Å². The molecule has 5 heteroatoms. The molecule has 0 spiro atoms. The van der Waals surface area contributed by atoms with Crippen LogP contribution in [0.1, 0.15) is 5.56 Å². The van der Waals surface area contributed by atoms with Crippen LogP contribution >= 0.6 is 0 Å². The number of ether oxygens (including phenoxy) is 1. The highest BCUT2D eigenvalue weighted by Gasteiger charge is 2.08. The van der Waals surface area contributed by atoms with Gasteiger partial charge in [0.15, 0.2) is 0 Å². The summed E-state index contributed by atoms with van der Waals surface area (Å²) in [5, 5.41) is 8.38. The van der Waals surface area contributed by atoms with E-state index in [4.69, 9.17) is 15.9 Å². The number of fused-ring (bicyclic) bond motifs is 1. The zero-order valence-corrected chi connectivity index (χ0v) is 11.4. The van der Waals surface area contributed by atoms with Crippen molar-refractivity contribution in [2.45, 2.75) is 0 Å². The quantitative estimate of drug-likeness (QED) is 0.510. The molecule has 3 rings (SSSR count). The fourth-order valence-electron chi connectivity index (χ4n) is 2.29. The van der Waals surface area contributed by atoms with Gasteiger partial charge in [-0.15, -0.1) is 0 Å². The molecule has 1 aromatic heterocycles. The number of rotatable bonds is 3. The molecule has 21 heavy (non-hydrogen) atoms. The lowest BCUT2D eigenvalue weighted by molar-refractivity contribution is 0.411. The van der Waals surface area contributed by atoms with Gasteiger partial charge in [0.1, 0.15) is 17.4 Å². The maximum absolute atomic E-state index is 13.6. The second kappa shape index (κ2) is 4.94. The Hall–Kier alpha value is -2.82. The molecule has 0 saturated carbocycles. The molecule has 0 fully saturated rings. The standard InChI is InChI=1S/C16H14FN3O/c1-21-13-6-11(5-12(17)8-13)15-7-10-4-9(16(18)19)2-3-14(10)20-15/h2-8,20H,1H3,(H3,18,19). The van der Waals surface area contributed by atoms with E-state index < -0.39 is 0 Å². The van der Waals surface area contributed by atoms with Crippen LogP contribution in [0.5, 0.6) is 5.75 Å². The molecular formula is C16H14FN3O. The predicted octanol–water partition coefficient (Wildman–Crippen LogP) is 3.27. The van der Waals surface area contributed by atoms with E-state index in [9.17, 15) is 4.39 Å². The maximum atomic E-state index is 13.6. The summed E-state index contributed by atoms with van der Waals surface area (Å²) < 4.78 is 18.7. The van der Waals surface area contributed by atoms with Gasteiger partial charge in [0.2, 0.25) is 0 Å². The minimum atomic E-state index is -0.354. The summed E-state index contributed by atoms with van der Waals surface area (Å²) in [6.07, 6.45) is 0.